The van der Waals surface area contributed by atoms with Crippen molar-refractivity contribution in [2.45, 2.75) is 13.1 Å². The minimum absolute atomic E-state index is 0.220. The van der Waals surface area contributed by atoms with Gasteiger partial charge in [0.2, 0.25) is 13.6 Å². The topological polar surface area (TPSA) is 89.0 Å². The van der Waals surface area contributed by atoms with Crippen LogP contribution < -0.4 is 30.4 Å². The van der Waals surface area contributed by atoms with E-state index >= 15 is 0 Å². The summed E-state index contributed by atoms with van der Waals surface area (Å²) in [5, 5.41) is 0. The molecule has 0 unspecified atom stereocenters. The first-order valence-corrected chi connectivity index (χ1v) is 10.1. The van der Waals surface area contributed by atoms with Crippen LogP contribution in [0.3, 0.4) is 0 Å². The van der Waals surface area contributed by atoms with Crippen LogP contribution in [0.5, 0.6) is 23.0 Å². The van der Waals surface area contributed by atoms with Crippen LogP contribution in [0.25, 0.3) is 0 Å². The maximum Gasteiger partial charge on any atom is 0.231 e. The third kappa shape index (κ3) is 3.93. The van der Waals surface area contributed by atoms with Crippen LogP contribution in [0.1, 0.15) is 33.4 Å². The summed E-state index contributed by atoms with van der Waals surface area (Å²) in [7, 11) is 0. The van der Waals surface area contributed by atoms with Crippen molar-refractivity contribution in [1.82, 2.24) is 0 Å². The Morgan fingerprint density at radius 1 is 0.562 bits per heavy atom. The van der Waals surface area contributed by atoms with Gasteiger partial charge in [-0.1, -0.05) is 23.7 Å². The largest absolute Gasteiger partial charge is 0.454 e. The van der Waals surface area contributed by atoms with Crippen LogP contribution in [-0.4, -0.2) is 13.6 Å². The first kappa shape index (κ1) is 19.8. The predicted molar refractivity (Wildman–Crippen MR) is 119 cm³/mol. The van der Waals surface area contributed by atoms with E-state index in [0.29, 0.717) is 36.1 Å². The molecule has 32 heavy (non-hydrogen) atoms. The quantitative estimate of drug-likeness (QED) is 0.615. The summed E-state index contributed by atoms with van der Waals surface area (Å²) >= 11 is 0. The third-order valence-corrected chi connectivity index (χ3v) is 5.20. The van der Waals surface area contributed by atoms with Crippen LogP contribution in [0.15, 0.2) is 48.5 Å². The zero-order chi connectivity index (χ0) is 21.9. The molecule has 0 aromatic heterocycles. The lowest BCUT2D eigenvalue weighted by Crippen LogP contribution is -1.99. The predicted octanol–water partition coefficient (Wildman–Crippen LogP) is 2.86. The molecule has 0 saturated heterocycles. The van der Waals surface area contributed by atoms with Crippen molar-refractivity contribution < 1.29 is 18.9 Å². The Labute approximate surface area is 186 Å². The van der Waals surface area contributed by atoms with Crippen molar-refractivity contribution in [3.8, 4) is 46.7 Å². The summed E-state index contributed by atoms with van der Waals surface area (Å²) in [6.45, 7) is 1.19. The summed E-state index contributed by atoms with van der Waals surface area (Å²) in [6, 6.07) is 15.3. The second-order valence-electron chi connectivity index (χ2n) is 7.21. The van der Waals surface area contributed by atoms with Crippen LogP contribution in [0.2, 0.25) is 0 Å². The second kappa shape index (κ2) is 8.56. The van der Waals surface area contributed by atoms with E-state index in [-0.39, 0.29) is 13.6 Å². The fraction of sp³-hybridized carbons (Fsp3) is 0.154. The van der Waals surface area contributed by atoms with E-state index in [9.17, 15) is 0 Å². The fourth-order valence-corrected chi connectivity index (χ4v) is 3.45. The molecule has 0 aliphatic carbocycles. The van der Waals surface area contributed by atoms with Gasteiger partial charge in [0, 0.05) is 47.5 Å². The maximum absolute atomic E-state index is 5.86. The molecule has 0 fully saturated rings. The Hall–Kier alpha value is -4.10. The van der Waals surface area contributed by atoms with Crippen LogP contribution in [0, 0.1) is 23.7 Å². The van der Waals surface area contributed by atoms with Crippen LogP contribution >= 0.6 is 0 Å². The summed E-state index contributed by atoms with van der Waals surface area (Å²) in [6.07, 6.45) is 0. The standard InChI is InChI=1S/C26H20N2O4/c27-13-21-11-25-23(29-15-31-25)9-19(21)7-5-17-1-2-18(4-3-17)6-8-20-10-24-26(32-16-30-24)12-22(20)14-28/h1-4,9-12H,13-16,27-28H2. The highest BCUT2D eigenvalue weighted by Crippen LogP contribution is 2.35. The molecule has 0 bridgehead atoms. The van der Waals surface area contributed by atoms with E-state index in [1.165, 1.54) is 0 Å². The Balaban J connectivity index is 1.36. The van der Waals surface area contributed by atoms with Crippen molar-refractivity contribution in [3.05, 3.63) is 81.9 Å². The van der Waals surface area contributed by atoms with Gasteiger partial charge in [-0.05, 0) is 47.5 Å². The van der Waals surface area contributed by atoms with Crippen molar-refractivity contribution in [3.63, 3.8) is 0 Å². The van der Waals surface area contributed by atoms with Gasteiger partial charge >= 0.3 is 0 Å². The van der Waals surface area contributed by atoms with Gasteiger partial charge in [-0.25, -0.2) is 0 Å². The number of fused-ring (bicyclic) bond motifs is 2. The van der Waals surface area contributed by atoms with E-state index in [1.54, 1.807) is 0 Å². The molecule has 0 spiro atoms. The summed E-state index contributed by atoms with van der Waals surface area (Å²) in [4.78, 5) is 0. The highest BCUT2D eigenvalue weighted by Gasteiger charge is 2.17. The lowest BCUT2D eigenvalue weighted by atomic mass is 10.0. The molecule has 6 nitrogen and oxygen atoms in total. The fourth-order valence-electron chi connectivity index (χ4n) is 3.45. The number of nitrogens with two attached hydrogens (primary N) is 2. The van der Waals surface area contributed by atoms with Crippen LogP contribution in [0.4, 0.5) is 0 Å². The molecule has 0 radical (unpaired) electrons. The van der Waals surface area contributed by atoms with Gasteiger partial charge in [-0.15, -0.1) is 0 Å². The molecule has 2 aliphatic rings. The van der Waals surface area contributed by atoms with Crippen molar-refractivity contribution in [2.75, 3.05) is 13.6 Å². The number of hydrogen-bond acceptors (Lipinski definition) is 6. The number of ether oxygens (including phenoxy) is 4. The Morgan fingerprint density at radius 2 is 0.938 bits per heavy atom. The van der Waals surface area contributed by atoms with Crippen molar-refractivity contribution >= 4 is 0 Å². The van der Waals surface area contributed by atoms with Gasteiger partial charge in [0.25, 0.3) is 0 Å². The summed E-state index contributed by atoms with van der Waals surface area (Å²) in [5.41, 5.74) is 17.0. The SMILES string of the molecule is NCc1cc2c(cc1C#Cc1ccc(C#Cc3cc4c(cc3CN)OCO4)cc1)OCO2. The Bertz CT molecular complexity index is 1210. The lowest BCUT2D eigenvalue weighted by molar-refractivity contribution is 0.173. The highest BCUT2D eigenvalue weighted by molar-refractivity contribution is 5.57. The van der Waals surface area contributed by atoms with E-state index in [1.807, 2.05) is 48.5 Å². The third-order valence-electron chi connectivity index (χ3n) is 5.20. The van der Waals surface area contributed by atoms with E-state index < -0.39 is 0 Å². The van der Waals surface area contributed by atoms with Gasteiger partial charge in [-0.2, -0.15) is 0 Å². The smallest absolute Gasteiger partial charge is 0.231 e. The Kier molecular flexibility index (Phi) is 5.31. The van der Waals surface area contributed by atoms with E-state index in [0.717, 1.165) is 33.4 Å². The van der Waals surface area contributed by atoms with Crippen molar-refractivity contribution in [1.29, 1.82) is 0 Å². The molecule has 0 saturated carbocycles. The monoisotopic (exact) mass is 424 g/mol. The number of rotatable bonds is 2. The van der Waals surface area contributed by atoms with Gasteiger partial charge in [0.05, 0.1) is 0 Å². The average Bonchev–Trinajstić information content (AvgIpc) is 3.49. The highest BCUT2D eigenvalue weighted by atomic mass is 16.7. The molecule has 5 rings (SSSR count). The van der Waals surface area contributed by atoms with Gasteiger partial charge in [0.15, 0.2) is 23.0 Å². The second-order valence-corrected chi connectivity index (χ2v) is 7.21. The molecule has 4 N–H and O–H groups in total. The molecule has 0 amide bonds. The van der Waals surface area contributed by atoms with Gasteiger partial charge in [0.1, 0.15) is 0 Å². The molecular formula is C26H20N2O4. The first-order valence-electron chi connectivity index (χ1n) is 10.1. The van der Waals surface area contributed by atoms with Crippen molar-refractivity contribution in [2.24, 2.45) is 11.5 Å². The first-order chi connectivity index (χ1) is 15.7. The minimum Gasteiger partial charge on any atom is -0.454 e. The number of hydrogen-bond donors (Lipinski definition) is 2. The molecule has 3 aromatic carbocycles. The molecule has 2 heterocycles. The van der Waals surface area contributed by atoms with Gasteiger partial charge in [-0.3, -0.25) is 0 Å². The molecule has 6 heteroatoms. The van der Waals surface area contributed by atoms with Gasteiger partial charge < -0.3 is 30.4 Å². The van der Waals surface area contributed by atoms with Crippen LogP contribution in [-0.2, 0) is 13.1 Å². The normalized spacial score (nSPS) is 12.6. The van der Waals surface area contributed by atoms with E-state index in [4.69, 9.17) is 30.4 Å². The maximum atomic E-state index is 5.86. The summed E-state index contributed by atoms with van der Waals surface area (Å²) < 4.78 is 21.7. The summed E-state index contributed by atoms with van der Waals surface area (Å²) in [5.74, 6) is 15.5. The number of benzene rings is 3. The molecule has 2 aliphatic heterocycles. The minimum atomic E-state index is 0.220. The molecular weight excluding hydrogens is 404 g/mol. The van der Waals surface area contributed by atoms with E-state index in [2.05, 4.69) is 23.7 Å². The average molecular weight is 424 g/mol. The Morgan fingerprint density at radius 3 is 1.31 bits per heavy atom. The zero-order valence-electron chi connectivity index (χ0n) is 17.2. The zero-order valence-corrected chi connectivity index (χ0v) is 17.2. The molecule has 3 aromatic rings. The lowest BCUT2D eigenvalue weighted by Gasteiger charge is -2.04. The molecule has 158 valence electrons. The molecule has 0 atom stereocenters.